The summed E-state index contributed by atoms with van der Waals surface area (Å²) in [5.41, 5.74) is 0.701. The number of carbonyl (C=O) groups excluding carboxylic acids is 1. The van der Waals surface area contributed by atoms with Crippen molar-refractivity contribution >= 4 is 11.9 Å². The van der Waals surface area contributed by atoms with Crippen molar-refractivity contribution in [1.82, 2.24) is 15.1 Å². The Bertz CT molecular complexity index is 398. The second kappa shape index (κ2) is 5.29. The Hall–Kier alpha value is -1.85. The lowest BCUT2D eigenvalue weighted by molar-refractivity contribution is -0.120. The average molecular weight is 225 g/mol. The maximum absolute atomic E-state index is 10.9. The van der Waals surface area contributed by atoms with Crippen LogP contribution in [-0.4, -0.2) is 33.8 Å². The standard InChI is InChI=1S/C10H15N3O3/c1-7-8(10(15)16)6-13(12-7)5-3-4-9(14)11-2/h6H,3-5H2,1-2H3,(H,11,14)(H,15,16). The number of aryl methyl sites for hydroxylation is 2. The molecule has 88 valence electrons. The Morgan fingerprint density at radius 2 is 2.25 bits per heavy atom. The molecule has 1 aromatic heterocycles. The normalized spacial score (nSPS) is 10.1. The molecule has 0 aliphatic rings. The quantitative estimate of drug-likeness (QED) is 0.760. The highest BCUT2D eigenvalue weighted by atomic mass is 16.4. The van der Waals surface area contributed by atoms with Gasteiger partial charge < -0.3 is 10.4 Å². The number of carbonyl (C=O) groups is 2. The minimum Gasteiger partial charge on any atom is -0.478 e. The first-order valence-corrected chi connectivity index (χ1v) is 5.02. The first kappa shape index (κ1) is 12.2. The topological polar surface area (TPSA) is 84.2 Å². The molecular weight excluding hydrogens is 210 g/mol. The molecule has 6 nitrogen and oxygen atoms in total. The van der Waals surface area contributed by atoms with Gasteiger partial charge in [0.25, 0.3) is 0 Å². The van der Waals surface area contributed by atoms with E-state index in [9.17, 15) is 9.59 Å². The van der Waals surface area contributed by atoms with E-state index in [1.165, 1.54) is 6.20 Å². The van der Waals surface area contributed by atoms with Gasteiger partial charge in [-0.1, -0.05) is 0 Å². The number of carboxylic acid groups (broad SMARTS) is 1. The van der Waals surface area contributed by atoms with Gasteiger partial charge in [0, 0.05) is 26.2 Å². The molecule has 0 unspecified atom stereocenters. The minimum absolute atomic E-state index is 0.0256. The zero-order valence-electron chi connectivity index (χ0n) is 9.36. The number of aromatic carboxylic acids is 1. The number of amides is 1. The lowest BCUT2D eigenvalue weighted by atomic mass is 10.3. The summed E-state index contributed by atoms with van der Waals surface area (Å²) in [5.74, 6) is -1.00. The van der Waals surface area contributed by atoms with Crippen LogP contribution < -0.4 is 5.32 Å². The summed E-state index contributed by atoms with van der Waals surface area (Å²) in [4.78, 5) is 21.7. The van der Waals surface area contributed by atoms with Crippen molar-refractivity contribution in [3.63, 3.8) is 0 Å². The summed E-state index contributed by atoms with van der Waals surface area (Å²) in [6.45, 7) is 2.19. The van der Waals surface area contributed by atoms with Crippen LogP contribution in [0.1, 0.15) is 28.9 Å². The highest BCUT2D eigenvalue weighted by Crippen LogP contribution is 2.06. The van der Waals surface area contributed by atoms with Crippen LogP contribution in [0.3, 0.4) is 0 Å². The Labute approximate surface area is 93.3 Å². The molecule has 0 saturated carbocycles. The van der Waals surface area contributed by atoms with E-state index in [4.69, 9.17) is 5.11 Å². The first-order chi connectivity index (χ1) is 7.54. The fourth-order valence-electron chi connectivity index (χ4n) is 1.37. The van der Waals surface area contributed by atoms with Crippen molar-refractivity contribution in [2.45, 2.75) is 26.3 Å². The average Bonchev–Trinajstić information content (AvgIpc) is 2.59. The summed E-state index contributed by atoms with van der Waals surface area (Å²) in [7, 11) is 1.59. The van der Waals surface area contributed by atoms with E-state index < -0.39 is 5.97 Å². The summed E-state index contributed by atoms with van der Waals surface area (Å²) >= 11 is 0. The molecule has 0 aliphatic heterocycles. The Kier molecular flexibility index (Phi) is 4.04. The molecule has 0 fully saturated rings. The van der Waals surface area contributed by atoms with Gasteiger partial charge in [-0.3, -0.25) is 9.48 Å². The van der Waals surface area contributed by atoms with Crippen LogP contribution in [0.5, 0.6) is 0 Å². The predicted octanol–water partition coefficient (Wildman–Crippen LogP) is 0.416. The lowest BCUT2D eigenvalue weighted by Crippen LogP contribution is -2.17. The first-order valence-electron chi connectivity index (χ1n) is 5.02. The monoisotopic (exact) mass is 225 g/mol. The smallest absolute Gasteiger partial charge is 0.339 e. The zero-order valence-corrected chi connectivity index (χ0v) is 9.36. The third kappa shape index (κ3) is 3.08. The van der Waals surface area contributed by atoms with Crippen LogP contribution in [0.2, 0.25) is 0 Å². The van der Waals surface area contributed by atoms with E-state index >= 15 is 0 Å². The largest absolute Gasteiger partial charge is 0.478 e. The maximum atomic E-state index is 10.9. The van der Waals surface area contributed by atoms with Gasteiger partial charge in [0.05, 0.1) is 5.69 Å². The third-order valence-corrected chi connectivity index (χ3v) is 2.25. The summed E-state index contributed by atoms with van der Waals surface area (Å²) < 4.78 is 1.56. The number of hydrogen-bond donors (Lipinski definition) is 2. The molecule has 1 aromatic rings. The number of hydrogen-bond acceptors (Lipinski definition) is 3. The van der Waals surface area contributed by atoms with E-state index in [0.717, 1.165) is 0 Å². The molecule has 6 heteroatoms. The van der Waals surface area contributed by atoms with E-state index in [-0.39, 0.29) is 11.5 Å². The van der Waals surface area contributed by atoms with Gasteiger partial charge in [-0.25, -0.2) is 4.79 Å². The van der Waals surface area contributed by atoms with Crippen LogP contribution in [-0.2, 0) is 11.3 Å². The highest BCUT2D eigenvalue weighted by Gasteiger charge is 2.11. The molecule has 16 heavy (non-hydrogen) atoms. The second-order valence-electron chi connectivity index (χ2n) is 3.47. The molecule has 0 aromatic carbocycles. The van der Waals surface area contributed by atoms with Crippen molar-refractivity contribution in [3.05, 3.63) is 17.5 Å². The number of nitrogens with one attached hydrogen (secondary N) is 1. The number of nitrogens with zero attached hydrogens (tertiary/aromatic N) is 2. The fraction of sp³-hybridized carbons (Fsp3) is 0.500. The molecule has 0 radical (unpaired) electrons. The van der Waals surface area contributed by atoms with E-state index in [1.54, 1.807) is 18.7 Å². The minimum atomic E-state index is -0.977. The summed E-state index contributed by atoms with van der Waals surface area (Å²) in [6, 6.07) is 0. The van der Waals surface area contributed by atoms with Crippen LogP contribution in [0.15, 0.2) is 6.20 Å². The van der Waals surface area contributed by atoms with Crippen molar-refractivity contribution in [1.29, 1.82) is 0 Å². The summed E-state index contributed by atoms with van der Waals surface area (Å²) in [5, 5.41) is 15.4. The Morgan fingerprint density at radius 1 is 1.56 bits per heavy atom. The molecule has 0 spiro atoms. The van der Waals surface area contributed by atoms with Crippen molar-refractivity contribution in [3.8, 4) is 0 Å². The van der Waals surface area contributed by atoms with Gasteiger partial charge in [-0.05, 0) is 13.3 Å². The van der Waals surface area contributed by atoms with Crippen LogP contribution in [0.4, 0.5) is 0 Å². The molecule has 0 saturated heterocycles. The summed E-state index contributed by atoms with van der Waals surface area (Å²) in [6.07, 6.45) is 2.54. The van der Waals surface area contributed by atoms with Gasteiger partial charge in [-0.15, -0.1) is 0 Å². The van der Waals surface area contributed by atoms with E-state index in [0.29, 0.717) is 25.1 Å². The van der Waals surface area contributed by atoms with Gasteiger partial charge in [-0.2, -0.15) is 5.10 Å². The third-order valence-electron chi connectivity index (χ3n) is 2.25. The predicted molar refractivity (Wildman–Crippen MR) is 57.2 cm³/mol. The Balaban J connectivity index is 2.52. The number of rotatable bonds is 5. The molecule has 0 aliphatic carbocycles. The lowest BCUT2D eigenvalue weighted by Gasteiger charge is -2.00. The zero-order chi connectivity index (χ0) is 12.1. The van der Waals surface area contributed by atoms with Gasteiger partial charge in [0.15, 0.2) is 0 Å². The molecule has 2 N–H and O–H groups in total. The van der Waals surface area contributed by atoms with Gasteiger partial charge in [0.2, 0.25) is 5.91 Å². The van der Waals surface area contributed by atoms with Gasteiger partial charge >= 0.3 is 5.97 Å². The molecule has 1 heterocycles. The number of aromatic nitrogens is 2. The Morgan fingerprint density at radius 3 is 2.75 bits per heavy atom. The van der Waals surface area contributed by atoms with Crippen molar-refractivity contribution in [2.75, 3.05) is 7.05 Å². The molecule has 1 amide bonds. The van der Waals surface area contributed by atoms with E-state index in [1.807, 2.05) is 0 Å². The molecule has 0 bridgehead atoms. The highest BCUT2D eigenvalue weighted by molar-refractivity contribution is 5.88. The maximum Gasteiger partial charge on any atom is 0.339 e. The fourth-order valence-corrected chi connectivity index (χ4v) is 1.37. The van der Waals surface area contributed by atoms with E-state index in [2.05, 4.69) is 10.4 Å². The van der Waals surface area contributed by atoms with Crippen LogP contribution >= 0.6 is 0 Å². The molecular formula is C10H15N3O3. The number of carboxylic acids is 1. The van der Waals surface area contributed by atoms with Crippen molar-refractivity contribution in [2.24, 2.45) is 0 Å². The SMILES string of the molecule is CNC(=O)CCCn1cc(C(=O)O)c(C)n1. The molecule has 1 rings (SSSR count). The van der Waals surface area contributed by atoms with Crippen LogP contribution in [0.25, 0.3) is 0 Å². The van der Waals surface area contributed by atoms with Crippen molar-refractivity contribution < 1.29 is 14.7 Å². The van der Waals surface area contributed by atoms with Gasteiger partial charge in [0.1, 0.15) is 5.56 Å². The van der Waals surface area contributed by atoms with Crippen LogP contribution in [0, 0.1) is 6.92 Å². The molecule has 0 atom stereocenters. The second-order valence-corrected chi connectivity index (χ2v) is 3.47.